The third-order valence-electron chi connectivity index (χ3n) is 5.97. The highest BCUT2D eigenvalue weighted by atomic mass is 32.1. The summed E-state index contributed by atoms with van der Waals surface area (Å²) in [6, 6.07) is 14.4. The molecule has 0 aliphatic heterocycles. The molecule has 9 heteroatoms. The number of nitrogens with zero attached hydrogens (tertiary/aromatic N) is 4. The van der Waals surface area contributed by atoms with E-state index in [2.05, 4.69) is 54.0 Å². The van der Waals surface area contributed by atoms with Crippen LogP contribution in [0.3, 0.4) is 0 Å². The number of fused-ring (bicyclic) bond motifs is 2. The maximum absolute atomic E-state index is 12.2. The number of anilines is 1. The van der Waals surface area contributed by atoms with E-state index in [0.717, 1.165) is 49.9 Å². The molecule has 0 spiro atoms. The number of amides is 1. The van der Waals surface area contributed by atoms with E-state index in [9.17, 15) is 4.79 Å². The Labute approximate surface area is 211 Å². The minimum atomic E-state index is -0.0817. The second kappa shape index (κ2) is 9.03. The molecule has 0 saturated heterocycles. The van der Waals surface area contributed by atoms with Gasteiger partial charge in [-0.2, -0.15) is 5.10 Å². The molecule has 8 nitrogen and oxygen atoms in total. The number of hydrogen-bond acceptors (Lipinski definition) is 6. The summed E-state index contributed by atoms with van der Waals surface area (Å²) in [5.74, 6) is -0.0817. The van der Waals surface area contributed by atoms with Crippen molar-refractivity contribution in [2.24, 2.45) is 0 Å². The summed E-state index contributed by atoms with van der Waals surface area (Å²) in [4.78, 5) is 27.5. The van der Waals surface area contributed by atoms with E-state index in [1.54, 1.807) is 23.7 Å². The topological polar surface area (TPSA) is 103 Å². The van der Waals surface area contributed by atoms with Gasteiger partial charge in [0.05, 0.1) is 41.4 Å². The zero-order valence-electron chi connectivity index (χ0n) is 19.7. The molecule has 0 radical (unpaired) electrons. The van der Waals surface area contributed by atoms with Crippen LogP contribution in [0.4, 0.5) is 5.69 Å². The number of aromatic amines is 2. The van der Waals surface area contributed by atoms with E-state index in [1.165, 1.54) is 4.88 Å². The van der Waals surface area contributed by atoms with E-state index in [4.69, 9.17) is 0 Å². The predicted octanol–water partition coefficient (Wildman–Crippen LogP) is 5.40. The molecule has 36 heavy (non-hydrogen) atoms. The minimum Gasteiger partial charge on any atom is -0.352 e. The number of pyridine rings is 2. The number of likely N-dealkylation sites (N-methyl/N-ethyl adjacent to an activating group) is 1. The fourth-order valence-electron chi connectivity index (χ4n) is 4.36. The van der Waals surface area contributed by atoms with Crippen LogP contribution in [0.5, 0.6) is 0 Å². The fourth-order valence-corrected chi connectivity index (χ4v) is 5.11. The van der Waals surface area contributed by atoms with Gasteiger partial charge in [-0.05, 0) is 55.4 Å². The molecule has 178 valence electrons. The summed E-state index contributed by atoms with van der Waals surface area (Å²) in [5, 5.41) is 14.9. The minimum absolute atomic E-state index is 0.0817. The molecular formula is C27H23N7OS. The van der Waals surface area contributed by atoms with Crippen LogP contribution in [-0.4, -0.2) is 56.6 Å². The number of carbonyl (C=O) groups is 1. The summed E-state index contributed by atoms with van der Waals surface area (Å²) < 4.78 is 0. The van der Waals surface area contributed by atoms with Crippen LogP contribution in [0.2, 0.25) is 0 Å². The van der Waals surface area contributed by atoms with Gasteiger partial charge in [-0.25, -0.2) is 0 Å². The zero-order valence-corrected chi connectivity index (χ0v) is 20.6. The molecule has 1 amide bonds. The Morgan fingerprint density at radius 2 is 1.86 bits per heavy atom. The van der Waals surface area contributed by atoms with Gasteiger partial charge >= 0.3 is 0 Å². The smallest absolute Gasteiger partial charge is 0.238 e. The van der Waals surface area contributed by atoms with Crippen LogP contribution in [0.1, 0.15) is 0 Å². The highest BCUT2D eigenvalue weighted by Crippen LogP contribution is 2.36. The number of hydrogen-bond donors (Lipinski definition) is 3. The average molecular weight is 494 g/mol. The molecule has 0 bridgehead atoms. The van der Waals surface area contributed by atoms with E-state index < -0.39 is 0 Å². The summed E-state index contributed by atoms with van der Waals surface area (Å²) in [6.45, 7) is 0.308. The first-order valence-corrected chi connectivity index (χ1v) is 12.3. The highest BCUT2D eigenvalue weighted by Gasteiger charge is 2.15. The Balaban J connectivity index is 1.38. The van der Waals surface area contributed by atoms with Crippen molar-refractivity contribution in [2.45, 2.75) is 0 Å². The first-order chi connectivity index (χ1) is 17.5. The number of H-pyrrole nitrogens is 2. The lowest BCUT2D eigenvalue weighted by Crippen LogP contribution is -2.27. The SMILES string of the molecule is CN(C)CC(=O)Nc1cncc(-c2ccc3[nH]nc(-c4cc5c(-c6cccs6)cncc5[nH]4)c3c2)c1. The van der Waals surface area contributed by atoms with Crippen molar-refractivity contribution in [1.82, 2.24) is 30.0 Å². The van der Waals surface area contributed by atoms with Crippen molar-refractivity contribution < 1.29 is 4.79 Å². The molecule has 0 saturated carbocycles. The van der Waals surface area contributed by atoms with E-state index >= 15 is 0 Å². The third kappa shape index (κ3) is 4.15. The molecular weight excluding hydrogens is 470 g/mol. The Hall–Kier alpha value is -4.34. The lowest BCUT2D eigenvalue weighted by atomic mass is 10.0. The summed E-state index contributed by atoms with van der Waals surface area (Å²) >= 11 is 1.70. The van der Waals surface area contributed by atoms with Gasteiger partial charge in [0.1, 0.15) is 5.69 Å². The molecule has 0 atom stereocenters. The van der Waals surface area contributed by atoms with Crippen molar-refractivity contribution in [3.63, 3.8) is 0 Å². The van der Waals surface area contributed by atoms with Crippen molar-refractivity contribution in [3.8, 4) is 33.0 Å². The van der Waals surface area contributed by atoms with Gasteiger partial charge in [-0.3, -0.25) is 19.9 Å². The summed E-state index contributed by atoms with van der Waals surface area (Å²) in [6.07, 6.45) is 7.20. The molecule has 5 heterocycles. The monoisotopic (exact) mass is 493 g/mol. The van der Waals surface area contributed by atoms with Gasteiger partial charge < -0.3 is 15.2 Å². The van der Waals surface area contributed by atoms with Crippen LogP contribution in [0.15, 0.2) is 72.6 Å². The van der Waals surface area contributed by atoms with Crippen molar-refractivity contribution in [1.29, 1.82) is 0 Å². The van der Waals surface area contributed by atoms with E-state index in [1.807, 2.05) is 55.7 Å². The molecule has 3 N–H and O–H groups in total. The Morgan fingerprint density at radius 1 is 0.972 bits per heavy atom. The first-order valence-electron chi connectivity index (χ1n) is 11.4. The molecule has 0 aliphatic carbocycles. The number of benzene rings is 1. The maximum atomic E-state index is 12.2. The molecule has 5 aromatic heterocycles. The number of rotatable bonds is 6. The van der Waals surface area contributed by atoms with Gasteiger partial charge in [0.25, 0.3) is 0 Å². The number of aromatic nitrogens is 5. The van der Waals surface area contributed by atoms with Gasteiger partial charge in [0.15, 0.2) is 0 Å². The lowest BCUT2D eigenvalue weighted by Gasteiger charge is -2.11. The van der Waals surface area contributed by atoms with Crippen LogP contribution >= 0.6 is 11.3 Å². The number of thiophene rings is 1. The second-order valence-electron chi connectivity index (χ2n) is 8.89. The molecule has 0 aliphatic rings. The predicted molar refractivity (Wildman–Crippen MR) is 145 cm³/mol. The Kier molecular flexibility index (Phi) is 5.55. The number of carbonyl (C=O) groups excluding carboxylic acids is 1. The van der Waals surface area contributed by atoms with Crippen molar-refractivity contribution in [2.75, 3.05) is 26.0 Å². The standard InChI is InChI=1S/C27H23N7OS/c1-34(2)15-26(35)30-18-8-17(11-28-12-18)16-5-6-22-20(9-16)27(33-32-22)23-10-19-21(25-4-3-7-36-25)13-29-14-24(19)31-23/h3-14,31H,15H2,1-2H3,(H,30,35)(H,32,33). The van der Waals surface area contributed by atoms with Crippen LogP contribution in [0.25, 0.3) is 54.8 Å². The van der Waals surface area contributed by atoms with Gasteiger partial charge in [0.2, 0.25) is 5.91 Å². The quantitative estimate of drug-likeness (QED) is 0.288. The zero-order chi connectivity index (χ0) is 24.6. The highest BCUT2D eigenvalue weighted by molar-refractivity contribution is 7.13. The maximum Gasteiger partial charge on any atom is 0.238 e. The lowest BCUT2D eigenvalue weighted by molar-refractivity contribution is -0.116. The van der Waals surface area contributed by atoms with E-state index in [-0.39, 0.29) is 5.91 Å². The van der Waals surface area contributed by atoms with Crippen molar-refractivity contribution >= 4 is 44.7 Å². The summed E-state index contributed by atoms with van der Waals surface area (Å²) in [7, 11) is 3.72. The van der Waals surface area contributed by atoms with Gasteiger partial charge in [-0.1, -0.05) is 12.1 Å². The van der Waals surface area contributed by atoms with Crippen LogP contribution < -0.4 is 5.32 Å². The Bertz CT molecular complexity index is 1700. The van der Waals surface area contributed by atoms with Crippen molar-refractivity contribution in [3.05, 3.63) is 72.6 Å². The normalized spacial score (nSPS) is 11.5. The molecule has 0 fully saturated rings. The largest absolute Gasteiger partial charge is 0.352 e. The number of nitrogens with one attached hydrogen (secondary N) is 3. The fraction of sp³-hybridized carbons (Fsp3) is 0.111. The second-order valence-corrected chi connectivity index (χ2v) is 9.84. The Morgan fingerprint density at radius 3 is 2.69 bits per heavy atom. The van der Waals surface area contributed by atoms with Crippen LogP contribution in [0, 0.1) is 0 Å². The van der Waals surface area contributed by atoms with E-state index in [0.29, 0.717) is 12.2 Å². The van der Waals surface area contributed by atoms with Gasteiger partial charge in [0, 0.05) is 39.2 Å². The molecule has 1 aromatic carbocycles. The third-order valence-corrected chi connectivity index (χ3v) is 6.87. The summed E-state index contributed by atoms with van der Waals surface area (Å²) in [5.41, 5.74) is 7.32. The first kappa shape index (κ1) is 22.1. The van der Waals surface area contributed by atoms with Gasteiger partial charge in [-0.15, -0.1) is 11.3 Å². The average Bonchev–Trinajstić information content (AvgIpc) is 3.62. The van der Waals surface area contributed by atoms with Crippen LogP contribution in [-0.2, 0) is 4.79 Å². The molecule has 6 aromatic rings. The molecule has 0 unspecified atom stereocenters. The molecule has 6 rings (SSSR count).